The number of benzene rings is 1. The van der Waals surface area contributed by atoms with Crippen molar-refractivity contribution in [3.63, 3.8) is 0 Å². The molecule has 1 aromatic rings. The number of rotatable bonds is 4. The first-order valence-corrected chi connectivity index (χ1v) is 6.34. The van der Waals surface area contributed by atoms with Gasteiger partial charge in [0.15, 0.2) is 0 Å². The molecule has 0 heterocycles. The Labute approximate surface area is 101 Å². The zero-order chi connectivity index (χ0) is 12.6. The van der Waals surface area contributed by atoms with Gasteiger partial charge in [-0.25, -0.2) is 0 Å². The second-order valence-electron chi connectivity index (χ2n) is 4.31. The fraction of sp³-hybridized carbons (Fsp3) is 0.600. The first kappa shape index (κ1) is 15.2. The normalized spacial score (nSPS) is 13.6. The van der Waals surface area contributed by atoms with Crippen LogP contribution in [0, 0.1) is 6.92 Å². The van der Waals surface area contributed by atoms with Gasteiger partial charge in [0.05, 0.1) is 0 Å². The first-order chi connectivity index (χ1) is 7.62. The number of hydrogen-bond donors (Lipinski definition) is 1. The second kappa shape index (κ2) is 7.45. The van der Waals surface area contributed by atoms with E-state index >= 15 is 0 Å². The summed E-state index contributed by atoms with van der Waals surface area (Å²) in [5, 5.41) is 3.27. The zero-order valence-electron chi connectivity index (χ0n) is 11.7. The molecule has 0 bridgehead atoms. The maximum atomic E-state index is 3.27. The summed E-state index contributed by atoms with van der Waals surface area (Å²) >= 11 is 0. The molecule has 0 aliphatic carbocycles. The lowest BCUT2D eigenvalue weighted by molar-refractivity contribution is 0.434. The Hall–Kier alpha value is -0.820. The average molecular weight is 221 g/mol. The molecule has 0 radical (unpaired) electrons. The second-order valence-corrected chi connectivity index (χ2v) is 4.31. The highest BCUT2D eigenvalue weighted by atomic mass is 14.8. The van der Waals surface area contributed by atoms with Crippen molar-refractivity contribution in [2.24, 2.45) is 0 Å². The van der Waals surface area contributed by atoms with Gasteiger partial charge in [0.25, 0.3) is 0 Å². The first-order valence-electron chi connectivity index (χ1n) is 6.34. The van der Waals surface area contributed by atoms with E-state index in [1.807, 2.05) is 20.9 Å². The van der Waals surface area contributed by atoms with E-state index in [0.717, 1.165) is 13.0 Å². The molecule has 0 aliphatic rings. The van der Waals surface area contributed by atoms with Crippen molar-refractivity contribution in [3.05, 3.63) is 35.4 Å². The smallest absolute Gasteiger partial charge is 0.00468 e. The van der Waals surface area contributed by atoms with Gasteiger partial charge in [-0.2, -0.15) is 0 Å². The Morgan fingerprint density at radius 1 is 1.12 bits per heavy atom. The van der Waals surface area contributed by atoms with Gasteiger partial charge in [0, 0.05) is 12.0 Å². The van der Waals surface area contributed by atoms with Gasteiger partial charge in [-0.05, 0) is 26.0 Å². The molecule has 0 saturated heterocycles. The zero-order valence-corrected chi connectivity index (χ0v) is 11.7. The van der Waals surface area contributed by atoms with Crippen LogP contribution in [-0.4, -0.2) is 13.6 Å². The third-order valence-electron chi connectivity index (χ3n) is 3.10. The summed E-state index contributed by atoms with van der Waals surface area (Å²) in [6, 6.07) is 8.88. The average Bonchev–Trinajstić information content (AvgIpc) is 2.32. The third kappa shape index (κ3) is 3.97. The lowest BCUT2D eigenvalue weighted by atomic mass is 9.80. The fourth-order valence-corrected chi connectivity index (χ4v) is 1.78. The lowest BCUT2D eigenvalue weighted by Crippen LogP contribution is -2.33. The predicted molar refractivity (Wildman–Crippen MR) is 74.1 cm³/mol. The van der Waals surface area contributed by atoms with Crippen molar-refractivity contribution in [3.8, 4) is 0 Å². The van der Waals surface area contributed by atoms with Crippen LogP contribution in [0.2, 0.25) is 0 Å². The van der Waals surface area contributed by atoms with Gasteiger partial charge < -0.3 is 5.32 Å². The van der Waals surface area contributed by atoms with Gasteiger partial charge in [0.1, 0.15) is 0 Å². The standard InChI is InChI=1S/C13H21N.C2H6/c1-5-13(3,10-14-4)12-8-6-11(2)7-9-12;1-2/h6-9,14H,5,10H2,1-4H3;1-2H3. The maximum absolute atomic E-state index is 3.27. The predicted octanol–water partition coefficient (Wildman–Crippen LogP) is 3.91. The van der Waals surface area contributed by atoms with Gasteiger partial charge in [-0.3, -0.25) is 0 Å². The van der Waals surface area contributed by atoms with E-state index in [0.29, 0.717) is 0 Å². The topological polar surface area (TPSA) is 12.0 Å². The number of nitrogens with one attached hydrogen (secondary N) is 1. The summed E-state index contributed by atoms with van der Waals surface area (Å²) in [6.07, 6.45) is 1.16. The Morgan fingerprint density at radius 3 is 2.00 bits per heavy atom. The van der Waals surface area contributed by atoms with Gasteiger partial charge in [-0.15, -0.1) is 0 Å². The van der Waals surface area contributed by atoms with Crippen LogP contribution in [0.15, 0.2) is 24.3 Å². The third-order valence-corrected chi connectivity index (χ3v) is 3.10. The molecule has 0 saturated carbocycles. The molecule has 0 amide bonds. The molecular weight excluding hydrogens is 194 g/mol. The van der Waals surface area contributed by atoms with E-state index < -0.39 is 0 Å². The summed E-state index contributed by atoms with van der Waals surface area (Å²) in [5.41, 5.74) is 3.03. The molecule has 1 N–H and O–H groups in total. The molecule has 0 aromatic heterocycles. The monoisotopic (exact) mass is 221 g/mol. The van der Waals surface area contributed by atoms with E-state index in [9.17, 15) is 0 Å². The Morgan fingerprint density at radius 2 is 1.62 bits per heavy atom. The molecule has 1 aromatic carbocycles. The molecule has 1 rings (SSSR count). The molecule has 0 fully saturated rings. The van der Waals surface area contributed by atoms with Gasteiger partial charge >= 0.3 is 0 Å². The van der Waals surface area contributed by atoms with Crippen molar-refractivity contribution < 1.29 is 0 Å². The summed E-state index contributed by atoms with van der Waals surface area (Å²) in [4.78, 5) is 0. The largest absolute Gasteiger partial charge is 0.319 e. The highest BCUT2D eigenvalue weighted by Crippen LogP contribution is 2.26. The summed E-state index contributed by atoms with van der Waals surface area (Å²) in [5.74, 6) is 0. The van der Waals surface area contributed by atoms with Crippen molar-refractivity contribution in [1.82, 2.24) is 5.32 Å². The summed E-state index contributed by atoms with van der Waals surface area (Å²) in [6.45, 7) is 11.7. The quantitative estimate of drug-likeness (QED) is 0.813. The Balaban J connectivity index is 0.00000106. The molecule has 1 nitrogen and oxygen atoms in total. The van der Waals surface area contributed by atoms with Crippen molar-refractivity contribution in [2.45, 2.75) is 46.5 Å². The molecule has 1 atom stereocenters. The molecule has 1 heteroatoms. The number of hydrogen-bond acceptors (Lipinski definition) is 1. The van der Waals surface area contributed by atoms with Crippen LogP contribution in [0.5, 0.6) is 0 Å². The van der Waals surface area contributed by atoms with E-state index in [2.05, 4.69) is 50.4 Å². The summed E-state index contributed by atoms with van der Waals surface area (Å²) in [7, 11) is 2.02. The SMILES string of the molecule is CC.CCC(C)(CNC)c1ccc(C)cc1. The number of aryl methyl sites for hydroxylation is 1. The van der Waals surface area contributed by atoms with Crippen LogP contribution >= 0.6 is 0 Å². The lowest BCUT2D eigenvalue weighted by Gasteiger charge is -2.28. The highest BCUT2D eigenvalue weighted by molar-refractivity contribution is 5.28. The summed E-state index contributed by atoms with van der Waals surface area (Å²) < 4.78 is 0. The fourth-order valence-electron chi connectivity index (χ4n) is 1.78. The Kier molecular flexibility index (Phi) is 7.07. The minimum absolute atomic E-state index is 0.266. The molecule has 0 aliphatic heterocycles. The molecule has 92 valence electrons. The minimum Gasteiger partial charge on any atom is -0.319 e. The van der Waals surface area contributed by atoms with Crippen molar-refractivity contribution in [2.75, 3.05) is 13.6 Å². The maximum Gasteiger partial charge on any atom is 0.00468 e. The number of likely N-dealkylation sites (N-methyl/N-ethyl adjacent to an activating group) is 1. The minimum atomic E-state index is 0.266. The van der Waals surface area contributed by atoms with E-state index in [1.54, 1.807) is 0 Å². The van der Waals surface area contributed by atoms with Crippen LogP contribution < -0.4 is 5.32 Å². The van der Waals surface area contributed by atoms with Crippen LogP contribution in [0.4, 0.5) is 0 Å². The molecule has 0 spiro atoms. The van der Waals surface area contributed by atoms with Gasteiger partial charge in [-0.1, -0.05) is 57.5 Å². The molecule has 1 unspecified atom stereocenters. The van der Waals surface area contributed by atoms with Crippen LogP contribution in [0.25, 0.3) is 0 Å². The highest BCUT2D eigenvalue weighted by Gasteiger charge is 2.22. The van der Waals surface area contributed by atoms with E-state index in [4.69, 9.17) is 0 Å². The van der Waals surface area contributed by atoms with E-state index in [-0.39, 0.29) is 5.41 Å². The van der Waals surface area contributed by atoms with Crippen LogP contribution in [-0.2, 0) is 5.41 Å². The molecular formula is C15H27N. The van der Waals surface area contributed by atoms with Gasteiger partial charge in [0.2, 0.25) is 0 Å². The molecule has 16 heavy (non-hydrogen) atoms. The van der Waals surface area contributed by atoms with Crippen LogP contribution in [0.3, 0.4) is 0 Å². The van der Waals surface area contributed by atoms with Crippen LogP contribution in [0.1, 0.15) is 45.2 Å². The van der Waals surface area contributed by atoms with E-state index in [1.165, 1.54) is 11.1 Å². The van der Waals surface area contributed by atoms with Crippen molar-refractivity contribution in [1.29, 1.82) is 0 Å². The Bertz CT molecular complexity index is 276. The van der Waals surface area contributed by atoms with Crippen molar-refractivity contribution >= 4 is 0 Å².